The molecule has 0 bridgehead atoms. The highest BCUT2D eigenvalue weighted by molar-refractivity contribution is 4.74. The van der Waals surface area contributed by atoms with Crippen molar-refractivity contribution in [3.63, 3.8) is 0 Å². The molecule has 0 amide bonds. The number of ether oxygens (including phenoxy) is 1. The average molecular weight is 187 g/mol. The summed E-state index contributed by atoms with van der Waals surface area (Å²) in [7, 11) is 1.75. The maximum absolute atomic E-state index is 6.07. The van der Waals surface area contributed by atoms with Crippen molar-refractivity contribution in [1.29, 1.82) is 0 Å². The van der Waals surface area contributed by atoms with Crippen LogP contribution in [0, 0.1) is 5.92 Å². The van der Waals surface area contributed by atoms with Crippen molar-refractivity contribution in [3.8, 4) is 0 Å². The molecule has 0 fully saturated rings. The third kappa shape index (κ3) is 4.63. The molecule has 0 aliphatic carbocycles. The van der Waals surface area contributed by atoms with E-state index in [4.69, 9.17) is 10.5 Å². The molecule has 0 radical (unpaired) electrons. The summed E-state index contributed by atoms with van der Waals surface area (Å²) in [6.07, 6.45) is 4.80. The minimum Gasteiger partial charge on any atom is -0.380 e. The number of rotatable bonds is 7. The molecule has 2 heteroatoms. The standard InChI is InChI=1S/C11H25NO/c1-5-9(6-2)8-10(12)11(7-3)13-4/h9-11H,5-8,12H2,1-4H3. The van der Waals surface area contributed by atoms with Crippen molar-refractivity contribution >= 4 is 0 Å². The molecular weight excluding hydrogens is 162 g/mol. The average Bonchev–Trinajstić information content (AvgIpc) is 2.16. The second kappa shape index (κ2) is 7.34. The van der Waals surface area contributed by atoms with Gasteiger partial charge in [-0.3, -0.25) is 0 Å². The van der Waals surface area contributed by atoms with E-state index in [0.717, 1.165) is 18.8 Å². The third-order valence-electron chi connectivity index (χ3n) is 2.94. The Balaban J connectivity index is 3.87. The van der Waals surface area contributed by atoms with E-state index < -0.39 is 0 Å². The predicted molar refractivity (Wildman–Crippen MR) is 57.8 cm³/mol. The Kier molecular flexibility index (Phi) is 7.29. The fraction of sp³-hybridized carbons (Fsp3) is 1.00. The zero-order valence-electron chi connectivity index (χ0n) is 9.55. The Bertz CT molecular complexity index is 109. The quantitative estimate of drug-likeness (QED) is 0.665. The minimum atomic E-state index is 0.208. The van der Waals surface area contributed by atoms with Crippen LogP contribution in [-0.4, -0.2) is 19.3 Å². The largest absolute Gasteiger partial charge is 0.380 e. The van der Waals surface area contributed by atoms with E-state index in [1.165, 1.54) is 12.8 Å². The van der Waals surface area contributed by atoms with Gasteiger partial charge in [0.25, 0.3) is 0 Å². The first kappa shape index (κ1) is 12.9. The summed E-state index contributed by atoms with van der Waals surface area (Å²) in [5.41, 5.74) is 6.07. The van der Waals surface area contributed by atoms with Gasteiger partial charge in [-0.25, -0.2) is 0 Å². The number of nitrogens with two attached hydrogens (primary N) is 1. The molecule has 13 heavy (non-hydrogen) atoms. The first-order valence-electron chi connectivity index (χ1n) is 5.47. The van der Waals surface area contributed by atoms with Crippen LogP contribution in [0.4, 0.5) is 0 Å². The lowest BCUT2D eigenvalue weighted by molar-refractivity contribution is 0.0690. The van der Waals surface area contributed by atoms with Crippen molar-refractivity contribution < 1.29 is 4.74 Å². The van der Waals surface area contributed by atoms with Crippen molar-refractivity contribution in [1.82, 2.24) is 0 Å². The lowest BCUT2D eigenvalue weighted by Crippen LogP contribution is -2.37. The normalized spacial score (nSPS) is 16.2. The van der Waals surface area contributed by atoms with Crippen LogP contribution in [0.2, 0.25) is 0 Å². The number of methoxy groups -OCH3 is 1. The SMILES string of the molecule is CCC(CC)CC(N)C(CC)OC. The fourth-order valence-corrected chi connectivity index (χ4v) is 1.80. The number of hydrogen-bond donors (Lipinski definition) is 1. The van der Waals surface area contributed by atoms with Crippen LogP contribution in [0.15, 0.2) is 0 Å². The van der Waals surface area contributed by atoms with Gasteiger partial charge < -0.3 is 10.5 Å². The van der Waals surface area contributed by atoms with Gasteiger partial charge >= 0.3 is 0 Å². The highest BCUT2D eigenvalue weighted by Gasteiger charge is 2.18. The molecule has 0 aromatic carbocycles. The van der Waals surface area contributed by atoms with Gasteiger partial charge in [0.05, 0.1) is 6.10 Å². The van der Waals surface area contributed by atoms with Crippen molar-refractivity contribution in [2.75, 3.05) is 7.11 Å². The molecule has 0 aromatic heterocycles. The van der Waals surface area contributed by atoms with Crippen LogP contribution in [0.3, 0.4) is 0 Å². The van der Waals surface area contributed by atoms with Crippen LogP contribution in [0.1, 0.15) is 46.5 Å². The third-order valence-corrected chi connectivity index (χ3v) is 2.94. The smallest absolute Gasteiger partial charge is 0.0719 e. The Morgan fingerprint density at radius 3 is 1.92 bits per heavy atom. The van der Waals surface area contributed by atoms with E-state index in [2.05, 4.69) is 20.8 Å². The van der Waals surface area contributed by atoms with Crippen LogP contribution >= 0.6 is 0 Å². The minimum absolute atomic E-state index is 0.208. The lowest BCUT2D eigenvalue weighted by atomic mass is 9.92. The van der Waals surface area contributed by atoms with Gasteiger partial charge in [-0.05, 0) is 18.8 Å². The van der Waals surface area contributed by atoms with Crippen molar-refractivity contribution in [2.24, 2.45) is 11.7 Å². The van der Waals surface area contributed by atoms with E-state index in [-0.39, 0.29) is 12.1 Å². The first-order valence-corrected chi connectivity index (χ1v) is 5.47. The van der Waals surface area contributed by atoms with Crippen molar-refractivity contribution in [3.05, 3.63) is 0 Å². The molecule has 0 saturated heterocycles. The predicted octanol–water partition coefficient (Wildman–Crippen LogP) is 2.57. The van der Waals surface area contributed by atoms with Gasteiger partial charge in [0.1, 0.15) is 0 Å². The summed E-state index contributed by atoms with van der Waals surface area (Å²) >= 11 is 0. The Morgan fingerprint density at radius 2 is 1.62 bits per heavy atom. The van der Waals surface area contributed by atoms with Gasteiger partial charge in [-0.15, -0.1) is 0 Å². The second-order valence-electron chi connectivity index (χ2n) is 3.76. The molecule has 0 rings (SSSR count). The van der Waals surface area contributed by atoms with Gasteiger partial charge in [0.2, 0.25) is 0 Å². The summed E-state index contributed by atoms with van der Waals surface area (Å²) in [5.74, 6) is 0.763. The summed E-state index contributed by atoms with van der Waals surface area (Å²) in [4.78, 5) is 0. The van der Waals surface area contributed by atoms with Crippen LogP contribution in [0.25, 0.3) is 0 Å². The van der Waals surface area contributed by atoms with Gasteiger partial charge in [-0.2, -0.15) is 0 Å². The molecule has 0 aromatic rings. The maximum atomic E-state index is 6.07. The summed E-state index contributed by atoms with van der Waals surface area (Å²) in [6.45, 7) is 6.59. The molecule has 0 aliphatic heterocycles. The van der Waals surface area contributed by atoms with Crippen LogP contribution < -0.4 is 5.73 Å². The molecule has 0 aliphatic rings. The lowest BCUT2D eigenvalue weighted by Gasteiger charge is -2.24. The highest BCUT2D eigenvalue weighted by Crippen LogP contribution is 2.17. The Hall–Kier alpha value is -0.0800. The molecule has 0 saturated carbocycles. The first-order chi connectivity index (χ1) is 6.19. The van der Waals surface area contributed by atoms with E-state index in [1.54, 1.807) is 7.11 Å². The molecule has 2 unspecified atom stereocenters. The summed E-state index contributed by atoms with van der Waals surface area (Å²) in [5, 5.41) is 0. The van der Waals surface area contributed by atoms with E-state index in [1.807, 2.05) is 0 Å². The molecule has 2 atom stereocenters. The van der Waals surface area contributed by atoms with Crippen LogP contribution in [0.5, 0.6) is 0 Å². The highest BCUT2D eigenvalue weighted by atomic mass is 16.5. The summed E-state index contributed by atoms with van der Waals surface area (Å²) < 4.78 is 5.33. The van der Waals surface area contributed by atoms with E-state index in [9.17, 15) is 0 Å². The van der Waals surface area contributed by atoms with Gasteiger partial charge in [0, 0.05) is 13.2 Å². The molecule has 80 valence electrons. The zero-order chi connectivity index (χ0) is 10.3. The van der Waals surface area contributed by atoms with Crippen LogP contribution in [-0.2, 0) is 4.74 Å². The maximum Gasteiger partial charge on any atom is 0.0719 e. The Morgan fingerprint density at radius 1 is 1.08 bits per heavy atom. The van der Waals surface area contributed by atoms with E-state index >= 15 is 0 Å². The second-order valence-corrected chi connectivity index (χ2v) is 3.76. The van der Waals surface area contributed by atoms with Gasteiger partial charge in [0.15, 0.2) is 0 Å². The Labute approximate surface area is 82.8 Å². The van der Waals surface area contributed by atoms with E-state index in [0.29, 0.717) is 0 Å². The zero-order valence-corrected chi connectivity index (χ0v) is 9.55. The molecule has 2 N–H and O–H groups in total. The van der Waals surface area contributed by atoms with Gasteiger partial charge in [-0.1, -0.05) is 33.6 Å². The summed E-state index contributed by atoms with van der Waals surface area (Å²) in [6, 6.07) is 0.208. The molecule has 2 nitrogen and oxygen atoms in total. The molecular formula is C11H25NO. The number of hydrogen-bond acceptors (Lipinski definition) is 2. The monoisotopic (exact) mass is 187 g/mol. The topological polar surface area (TPSA) is 35.2 Å². The van der Waals surface area contributed by atoms with Crippen molar-refractivity contribution in [2.45, 2.75) is 58.6 Å². The molecule has 0 heterocycles. The fourth-order valence-electron chi connectivity index (χ4n) is 1.80. The molecule has 0 spiro atoms.